The summed E-state index contributed by atoms with van der Waals surface area (Å²) in [7, 11) is 0. The van der Waals surface area contributed by atoms with Crippen molar-refractivity contribution in [1.82, 2.24) is 0 Å². The lowest BCUT2D eigenvalue weighted by Crippen LogP contribution is -2.40. The van der Waals surface area contributed by atoms with Gasteiger partial charge in [-0.25, -0.2) is 0 Å². The van der Waals surface area contributed by atoms with Gasteiger partial charge in [0, 0.05) is 5.92 Å². The molecular formula is C15H22O3. The normalized spacial score (nSPS) is 28.1. The van der Waals surface area contributed by atoms with Crippen molar-refractivity contribution in [2.24, 2.45) is 0 Å². The van der Waals surface area contributed by atoms with E-state index in [0.717, 1.165) is 25.4 Å². The number of rotatable bonds is 4. The Hall–Kier alpha value is -1.06. The highest BCUT2D eigenvalue weighted by Gasteiger charge is 2.31. The van der Waals surface area contributed by atoms with Crippen molar-refractivity contribution in [3.63, 3.8) is 0 Å². The molecule has 1 aromatic rings. The molecule has 18 heavy (non-hydrogen) atoms. The monoisotopic (exact) mass is 250 g/mol. The molecule has 0 bridgehead atoms. The molecule has 3 nitrogen and oxygen atoms in total. The van der Waals surface area contributed by atoms with Crippen LogP contribution < -0.4 is 4.74 Å². The molecule has 1 fully saturated rings. The zero-order valence-electron chi connectivity index (χ0n) is 11.4. The molecule has 0 spiro atoms. The standard InChI is InChI=1S/C15H22O3/c1-4-15(3)17-10-13(11-18-15)12-6-8-14(9-7-12)16-5-2/h6-9,13H,4-5,10-11H2,1-3H3/t13-,15-. The van der Waals surface area contributed by atoms with E-state index in [1.807, 2.05) is 26.0 Å². The fraction of sp³-hybridized carbons (Fsp3) is 0.600. The van der Waals surface area contributed by atoms with Gasteiger partial charge in [-0.1, -0.05) is 19.1 Å². The van der Waals surface area contributed by atoms with Gasteiger partial charge in [-0.3, -0.25) is 0 Å². The van der Waals surface area contributed by atoms with Gasteiger partial charge >= 0.3 is 0 Å². The minimum absolute atomic E-state index is 0.320. The molecule has 0 saturated carbocycles. The molecule has 1 heterocycles. The second-order valence-electron chi connectivity index (χ2n) is 4.81. The first kappa shape index (κ1) is 13.4. The quantitative estimate of drug-likeness (QED) is 0.820. The van der Waals surface area contributed by atoms with Gasteiger partial charge in [0.2, 0.25) is 0 Å². The number of benzene rings is 1. The molecule has 1 aromatic carbocycles. The van der Waals surface area contributed by atoms with E-state index in [1.165, 1.54) is 5.56 Å². The Bertz CT molecular complexity index is 364. The summed E-state index contributed by atoms with van der Waals surface area (Å²) in [5.74, 6) is 0.833. The summed E-state index contributed by atoms with van der Waals surface area (Å²) >= 11 is 0. The Morgan fingerprint density at radius 3 is 2.28 bits per heavy atom. The minimum Gasteiger partial charge on any atom is -0.494 e. The molecule has 0 atom stereocenters. The van der Waals surface area contributed by atoms with Gasteiger partial charge in [-0.15, -0.1) is 0 Å². The van der Waals surface area contributed by atoms with E-state index in [2.05, 4.69) is 19.1 Å². The van der Waals surface area contributed by atoms with Crippen molar-refractivity contribution in [2.45, 2.75) is 38.9 Å². The van der Waals surface area contributed by atoms with Crippen molar-refractivity contribution >= 4 is 0 Å². The summed E-state index contributed by atoms with van der Waals surface area (Å²) < 4.78 is 17.0. The van der Waals surface area contributed by atoms with E-state index in [-0.39, 0.29) is 0 Å². The average molecular weight is 250 g/mol. The van der Waals surface area contributed by atoms with Gasteiger partial charge in [-0.05, 0) is 38.0 Å². The fourth-order valence-corrected chi connectivity index (χ4v) is 2.04. The van der Waals surface area contributed by atoms with E-state index >= 15 is 0 Å². The maximum atomic E-state index is 5.81. The Kier molecular flexibility index (Phi) is 4.25. The molecule has 1 aliphatic heterocycles. The first-order valence-corrected chi connectivity index (χ1v) is 6.67. The third-order valence-corrected chi connectivity index (χ3v) is 3.48. The van der Waals surface area contributed by atoms with Crippen LogP contribution in [-0.2, 0) is 9.47 Å². The van der Waals surface area contributed by atoms with Crippen LogP contribution in [0.1, 0.15) is 38.7 Å². The Morgan fingerprint density at radius 2 is 1.78 bits per heavy atom. The van der Waals surface area contributed by atoms with Crippen LogP contribution in [0.5, 0.6) is 5.75 Å². The van der Waals surface area contributed by atoms with Gasteiger partial charge in [-0.2, -0.15) is 0 Å². The molecule has 1 aliphatic rings. The smallest absolute Gasteiger partial charge is 0.165 e. The lowest BCUT2D eigenvalue weighted by atomic mass is 9.99. The van der Waals surface area contributed by atoms with Crippen molar-refractivity contribution in [2.75, 3.05) is 19.8 Å². The van der Waals surface area contributed by atoms with Gasteiger partial charge < -0.3 is 14.2 Å². The number of hydrogen-bond acceptors (Lipinski definition) is 3. The van der Waals surface area contributed by atoms with E-state index in [0.29, 0.717) is 12.5 Å². The summed E-state index contributed by atoms with van der Waals surface area (Å²) in [5.41, 5.74) is 1.25. The largest absolute Gasteiger partial charge is 0.494 e. The Morgan fingerprint density at radius 1 is 1.17 bits per heavy atom. The summed E-state index contributed by atoms with van der Waals surface area (Å²) in [6.07, 6.45) is 0.878. The number of hydrogen-bond donors (Lipinski definition) is 0. The molecule has 0 aliphatic carbocycles. The van der Waals surface area contributed by atoms with Gasteiger partial charge in [0.1, 0.15) is 5.75 Å². The molecule has 100 valence electrons. The molecule has 0 N–H and O–H groups in total. The highest BCUT2D eigenvalue weighted by molar-refractivity contribution is 5.29. The highest BCUT2D eigenvalue weighted by Crippen LogP contribution is 2.30. The minimum atomic E-state index is -0.401. The summed E-state index contributed by atoms with van der Waals surface area (Å²) in [6, 6.07) is 8.20. The van der Waals surface area contributed by atoms with Gasteiger partial charge in [0.05, 0.1) is 19.8 Å². The molecule has 0 aromatic heterocycles. The molecule has 2 rings (SSSR count). The maximum absolute atomic E-state index is 5.81. The topological polar surface area (TPSA) is 27.7 Å². The summed E-state index contributed by atoms with van der Waals surface area (Å²) in [6.45, 7) is 8.21. The molecule has 3 heteroatoms. The highest BCUT2D eigenvalue weighted by atomic mass is 16.7. The van der Waals surface area contributed by atoms with Crippen molar-refractivity contribution in [3.8, 4) is 5.75 Å². The van der Waals surface area contributed by atoms with Crippen LogP contribution >= 0.6 is 0 Å². The van der Waals surface area contributed by atoms with Crippen molar-refractivity contribution < 1.29 is 14.2 Å². The van der Waals surface area contributed by atoms with Gasteiger partial charge in [0.25, 0.3) is 0 Å². The molecule has 0 amide bonds. The fourth-order valence-electron chi connectivity index (χ4n) is 2.04. The molecular weight excluding hydrogens is 228 g/mol. The van der Waals surface area contributed by atoms with Crippen molar-refractivity contribution in [1.29, 1.82) is 0 Å². The van der Waals surface area contributed by atoms with Crippen LogP contribution in [0.3, 0.4) is 0 Å². The van der Waals surface area contributed by atoms with E-state index in [4.69, 9.17) is 14.2 Å². The van der Waals surface area contributed by atoms with Crippen LogP contribution in [0.25, 0.3) is 0 Å². The van der Waals surface area contributed by atoms with Crippen molar-refractivity contribution in [3.05, 3.63) is 29.8 Å². The van der Waals surface area contributed by atoms with E-state index in [1.54, 1.807) is 0 Å². The molecule has 1 saturated heterocycles. The Balaban J connectivity index is 1.97. The summed E-state index contributed by atoms with van der Waals surface area (Å²) in [4.78, 5) is 0. The maximum Gasteiger partial charge on any atom is 0.165 e. The third kappa shape index (κ3) is 3.03. The van der Waals surface area contributed by atoms with Crippen LogP contribution in [-0.4, -0.2) is 25.6 Å². The summed E-state index contributed by atoms with van der Waals surface area (Å²) in [5, 5.41) is 0. The van der Waals surface area contributed by atoms with Crippen LogP contribution in [0.2, 0.25) is 0 Å². The lowest BCUT2D eigenvalue weighted by molar-refractivity contribution is -0.263. The average Bonchev–Trinajstić information content (AvgIpc) is 2.41. The second kappa shape index (κ2) is 5.72. The molecule has 0 unspecified atom stereocenters. The zero-order valence-corrected chi connectivity index (χ0v) is 11.4. The van der Waals surface area contributed by atoms with Crippen LogP contribution in [0.15, 0.2) is 24.3 Å². The Labute approximate surface area is 109 Å². The predicted molar refractivity (Wildman–Crippen MR) is 71.0 cm³/mol. The van der Waals surface area contributed by atoms with E-state index < -0.39 is 5.79 Å². The SMILES string of the molecule is CCOc1ccc([C@H]2CO[C@](C)(CC)OC2)cc1. The number of ether oxygens (including phenoxy) is 3. The zero-order chi connectivity index (χ0) is 13.0. The predicted octanol–water partition coefficient (Wildman–Crippen LogP) is 3.34. The van der Waals surface area contributed by atoms with Crippen LogP contribution in [0.4, 0.5) is 0 Å². The van der Waals surface area contributed by atoms with E-state index in [9.17, 15) is 0 Å². The van der Waals surface area contributed by atoms with Gasteiger partial charge in [0.15, 0.2) is 5.79 Å². The molecule has 0 radical (unpaired) electrons. The third-order valence-electron chi connectivity index (χ3n) is 3.48. The first-order chi connectivity index (χ1) is 8.67. The first-order valence-electron chi connectivity index (χ1n) is 6.67. The van der Waals surface area contributed by atoms with Crippen LogP contribution in [0, 0.1) is 0 Å². The lowest BCUT2D eigenvalue weighted by Gasteiger charge is -2.37. The second-order valence-corrected chi connectivity index (χ2v) is 4.81.